The fourth-order valence-corrected chi connectivity index (χ4v) is 3.65. The SMILES string of the molecule is CCNC(=NCC1CC(=O)Nc2ccccc21)NCCc1ccc(F)c(Br)c1. The van der Waals surface area contributed by atoms with Crippen LogP contribution in [0.3, 0.4) is 0 Å². The molecule has 0 fully saturated rings. The number of carbonyl (C=O) groups is 1. The van der Waals surface area contributed by atoms with Crippen LogP contribution < -0.4 is 16.0 Å². The van der Waals surface area contributed by atoms with E-state index in [1.165, 1.54) is 6.07 Å². The van der Waals surface area contributed by atoms with Gasteiger partial charge in [-0.15, -0.1) is 0 Å². The van der Waals surface area contributed by atoms with E-state index in [0.717, 1.165) is 29.8 Å². The standard InChI is InChI=1S/C21H24BrFN4O/c1-2-24-21(25-10-9-14-7-8-18(23)17(22)11-14)26-13-15-12-20(28)27-19-6-4-3-5-16(15)19/h3-8,11,15H,2,9-10,12-13H2,1H3,(H,27,28)(H2,24,25,26). The first kappa shape index (κ1) is 20.3. The maximum Gasteiger partial charge on any atom is 0.225 e. The Morgan fingerprint density at radius 2 is 2.11 bits per heavy atom. The number of carbonyl (C=O) groups excluding carboxylic acids is 1. The van der Waals surface area contributed by atoms with E-state index in [1.54, 1.807) is 12.1 Å². The average molecular weight is 447 g/mol. The van der Waals surface area contributed by atoms with Gasteiger partial charge in [0.2, 0.25) is 5.91 Å². The van der Waals surface area contributed by atoms with Crippen molar-refractivity contribution in [3.05, 3.63) is 63.9 Å². The number of rotatable bonds is 6. The maximum absolute atomic E-state index is 13.3. The molecule has 2 aromatic carbocycles. The summed E-state index contributed by atoms with van der Waals surface area (Å²) in [7, 11) is 0. The number of halogens is 2. The molecule has 1 aliphatic rings. The molecule has 0 aromatic heterocycles. The molecule has 1 heterocycles. The van der Waals surface area contributed by atoms with Gasteiger partial charge >= 0.3 is 0 Å². The van der Waals surface area contributed by atoms with Crippen molar-refractivity contribution in [3.8, 4) is 0 Å². The van der Waals surface area contributed by atoms with E-state index >= 15 is 0 Å². The Balaban J connectivity index is 1.61. The Labute approximate surface area is 173 Å². The minimum Gasteiger partial charge on any atom is -0.357 e. The van der Waals surface area contributed by atoms with Crippen LogP contribution in [0, 0.1) is 5.82 Å². The summed E-state index contributed by atoms with van der Waals surface area (Å²) in [5.74, 6) is 0.544. The molecule has 0 saturated heterocycles. The molecule has 148 valence electrons. The van der Waals surface area contributed by atoms with Crippen LogP contribution in [-0.4, -0.2) is 31.5 Å². The second-order valence-electron chi connectivity index (χ2n) is 6.68. The highest BCUT2D eigenvalue weighted by atomic mass is 79.9. The Morgan fingerprint density at radius 3 is 2.89 bits per heavy atom. The normalized spacial score (nSPS) is 16.3. The number of hydrogen-bond donors (Lipinski definition) is 3. The summed E-state index contributed by atoms with van der Waals surface area (Å²) in [6.45, 7) is 3.96. The van der Waals surface area contributed by atoms with Crippen LogP contribution in [0.2, 0.25) is 0 Å². The van der Waals surface area contributed by atoms with Gasteiger partial charge in [-0.25, -0.2) is 4.39 Å². The van der Waals surface area contributed by atoms with Crippen LogP contribution in [0.4, 0.5) is 10.1 Å². The number of nitrogens with one attached hydrogen (secondary N) is 3. The summed E-state index contributed by atoms with van der Waals surface area (Å²) >= 11 is 3.21. The van der Waals surface area contributed by atoms with Gasteiger partial charge in [-0.2, -0.15) is 0 Å². The second kappa shape index (κ2) is 9.68. The summed E-state index contributed by atoms with van der Waals surface area (Å²) in [6, 6.07) is 12.9. The highest BCUT2D eigenvalue weighted by molar-refractivity contribution is 9.10. The first-order valence-electron chi connectivity index (χ1n) is 9.41. The quantitative estimate of drug-likeness (QED) is 0.466. The lowest BCUT2D eigenvalue weighted by Gasteiger charge is -2.24. The zero-order valence-corrected chi connectivity index (χ0v) is 17.4. The van der Waals surface area contributed by atoms with E-state index in [-0.39, 0.29) is 17.6 Å². The van der Waals surface area contributed by atoms with Crippen LogP contribution in [0.25, 0.3) is 0 Å². The van der Waals surface area contributed by atoms with Gasteiger partial charge in [-0.3, -0.25) is 9.79 Å². The molecule has 0 saturated carbocycles. The zero-order chi connectivity index (χ0) is 19.9. The number of hydrogen-bond acceptors (Lipinski definition) is 2. The molecule has 0 aliphatic carbocycles. The van der Waals surface area contributed by atoms with Crippen LogP contribution >= 0.6 is 15.9 Å². The Bertz CT molecular complexity index is 871. The molecule has 1 aliphatic heterocycles. The van der Waals surface area contributed by atoms with Crippen molar-refractivity contribution in [1.29, 1.82) is 0 Å². The molecule has 2 aromatic rings. The average Bonchev–Trinajstić information content (AvgIpc) is 2.68. The van der Waals surface area contributed by atoms with Gasteiger partial charge in [0.25, 0.3) is 0 Å². The van der Waals surface area contributed by atoms with Crippen molar-refractivity contribution in [2.75, 3.05) is 25.0 Å². The summed E-state index contributed by atoms with van der Waals surface area (Å²) < 4.78 is 13.8. The van der Waals surface area contributed by atoms with Crippen LogP contribution in [-0.2, 0) is 11.2 Å². The number of amides is 1. The first-order chi connectivity index (χ1) is 13.6. The Kier molecular flexibility index (Phi) is 7.03. The van der Waals surface area contributed by atoms with Crippen molar-refractivity contribution in [3.63, 3.8) is 0 Å². The molecule has 1 unspecified atom stereocenters. The molecule has 1 atom stereocenters. The number of benzene rings is 2. The number of guanidine groups is 1. The van der Waals surface area contributed by atoms with E-state index in [1.807, 2.05) is 31.2 Å². The lowest BCUT2D eigenvalue weighted by molar-refractivity contribution is -0.116. The maximum atomic E-state index is 13.3. The first-order valence-corrected chi connectivity index (χ1v) is 10.2. The summed E-state index contributed by atoms with van der Waals surface area (Å²) in [6.07, 6.45) is 1.18. The molecular formula is C21H24BrFN4O. The van der Waals surface area contributed by atoms with Crippen molar-refractivity contribution < 1.29 is 9.18 Å². The van der Waals surface area contributed by atoms with E-state index < -0.39 is 0 Å². The third kappa shape index (κ3) is 5.32. The van der Waals surface area contributed by atoms with Crippen molar-refractivity contribution in [2.45, 2.75) is 25.7 Å². The molecule has 3 N–H and O–H groups in total. The smallest absolute Gasteiger partial charge is 0.225 e. The topological polar surface area (TPSA) is 65.5 Å². The molecule has 28 heavy (non-hydrogen) atoms. The third-order valence-electron chi connectivity index (χ3n) is 4.61. The lowest BCUT2D eigenvalue weighted by atomic mass is 9.91. The van der Waals surface area contributed by atoms with Gasteiger partial charge in [0.05, 0.1) is 11.0 Å². The van der Waals surface area contributed by atoms with Crippen molar-refractivity contribution in [1.82, 2.24) is 10.6 Å². The van der Waals surface area contributed by atoms with Crippen molar-refractivity contribution in [2.24, 2.45) is 4.99 Å². The monoisotopic (exact) mass is 446 g/mol. The zero-order valence-electron chi connectivity index (χ0n) is 15.8. The van der Waals surface area contributed by atoms with Gasteiger partial charge in [0.15, 0.2) is 5.96 Å². The minimum atomic E-state index is -0.261. The number of para-hydroxylation sites is 1. The predicted octanol–water partition coefficient (Wildman–Crippen LogP) is 3.81. The fourth-order valence-electron chi connectivity index (χ4n) is 3.23. The van der Waals surface area contributed by atoms with E-state index in [9.17, 15) is 9.18 Å². The van der Waals surface area contributed by atoms with Crippen molar-refractivity contribution >= 4 is 33.5 Å². The van der Waals surface area contributed by atoms with Crippen LogP contribution in [0.1, 0.15) is 30.4 Å². The van der Waals surface area contributed by atoms with Crippen LogP contribution in [0.5, 0.6) is 0 Å². The third-order valence-corrected chi connectivity index (χ3v) is 5.22. The van der Waals surface area contributed by atoms with Gasteiger partial charge < -0.3 is 16.0 Å². The number of anilines is 1. The van der Waals surface area contributed by atoms with Gasteiger partial charge in [-0.05, 0) is 58.6 Å². The summed E-state index contributed by atoms with van der Waals surface area (Å²) in [5.41, 5.74) is 3.03. The largest absolute Gasteiger partial charge is 0.357 e. The molecule has 0 spiro atoms. The predicted molar refractivity (Wildman–Crippen MR) is 114 cm³/mol. The second-order valence-corrected chi connectivity index (χ2v) is 7.54. The number of fused-ring (bicyclic) bond motifs is 1. The summed E-state index contributed by atoms with van der Waals surface area (Å²) in [4.78, 5) is 16.6. The molecule has 5 nitrogen and oxygen atoms in total. The molecule has 7 heteroatoms. The van der Waals surface area contributed by atoms with Gasteiger partial charge in [0, 0.05) is 31.1 Å². The fraction of sp³-hybridized carbons (Fsp3) is 0.333. The molecule has 1 amide bonds. The number of nitrogens with zero attached hydrogens (tertiary/aromatic N) is 1. The Hall–Kier alpha value is -2.41. The van der Waals surface area contributed by atoms with E-state index in [4.69, 9.17) is 0 Å². The van der Waals surface area contributed by atoms with Gasteiger partial charge in [-0.1, -0.05) is 24.3 Å². The molecule has 0 bridgehead atoms. The minimum absolute atomic E-state index is 0.0266. The van der Waals surface area contributed by atoms with E-state index in [2.05, 4.69) is 36.9 Å². The molecular weight excluding hydrogens is 423 g/mol. The van der Waals surface area contributed by atoms with E-state index in [0.29, 0.717) is 29.9 Å². The Morgan fingerprint density at radius 1 is 1.29 bits per heavy atom. The molecule has 0 radical (unpaired) electrons. The lowest BCUT2D eigenvalue weighted by Crippen LogP contribution is -2.38. The summed E-state index contributed by atoms with van der Waals surface area (Å²) in [5, 5.41) is 9.45. The van der Waals surface area contributed by atoms with Gasteiger partial charge in [0.1, 0.15) is 5.82 Å². The molecule has 3 rings (SSSR count). The highest BCUT2D eigenvalue weighted by Gasteiger charge is 2.24. The highest BCUT2D eigenvalue weighted by Crippen LogP contribution is 2.31. The number of aliphatic imine (C=N–C) groups is 1. The van der Waals surface area contributed by atoms with Crippen LogP contribution in [0.15, 0.2) is 51.9 Å².